The number of aryl methyl sites for hydroxylation is 1. The van der Waals surface area contributed by atoms with Crippen LogP contribution in [0.2, 0.25) is 0 Å². The van der Waals surface area contributed by atoms with Gasteiger partial charge in [0.05, 0.1) is 6.10 Å². The quantitative estimate of drug-likeness (QED) is 0.319. The minimum absolute atomic E-state index is 0. The lowest BCUT2D eigenvalue weighted by atomic mass is 10.1. The van der Waals surface area contributed by atoms with Crippen LogP contribution in [0.4, 0.5) is 0 Å². The van der Waals surface area contributed by atoms with Crippen molar-refractivity contribution in [1.29, 1.82) is 0 Å². The van der Waals surface area contributed by atoms with Crippen molar-refractivity contribution in [1.82, 2.24) is 30.3 Å². The predicted octanol–water partition coefficient (Wildman–Crippen LogP) is 2.22. The van der Waals surface area contributed by atoms with Crippen molar-refractivity contribution in [3.8, 4) is 0 Å². The van der Waals surface area contributed by atoms with Gasteiger partial charge in [-0.25, -0.2) is 4.99 Å². The van der Waals surface area contributed by atoms with Crippen molar-refractivity contribution in [2.24, 2.45) is 18.0 Å². The van der Waals surface area contributed by atoms with Gasteiger partial charge in [-0.1, -0.05) is 12.8 Å². The Morgan fingerprint density at radius 3 is 2.70 bits per heavy atom. The van der Waals surface area contributed by atoms with Gasteiger partial charge in [0.2, 0.25) is 0 Å². The van der Waals surface area contributed by atoms with Crippen molar-refractivity contribution in [2.45, 2.75) is 70.6 Å². The predicted molar refractivity (Wildman–Crippen MR) is 129 cm³/mol. The molecular formula is C21H38IN7O. The smallest absolute Gasteiger partial charge is 0.192 e. The largest absolute Gasteiger partial charge is 0.376 e. The minimum atomic E-state index is 0. The second kappa shape index (κ2) is 11.6. The molecular weight excluding hydrogens is 493 g/mol. The van der Waals surface area contributed by atoms with Crippen LogP contribution in [0.5, 0.6) is 0 Å². The molecule has 8 nitrogen and oxygen atoms in total. The number of rotatable bonds is 7. The number of nitrogens with one attached hydrogen (secondary N) is 2. The molecule has 3 heterocycles. The highest BCUT2D eigenvalue weighted by Gasteiger charge is 2.27. The Morgan fingerprint density at radius 2 is 2.00 bits per heavy atom. The molecule has 2 aliphatic heterocycles. The summed E-state index contributed by atoms with van der Waals surface area (Å²) < 4.78 is 7.77. The van der Waals surface area contributed by atoms with Crippen LogP contribution in [0.15, 0.2) is 4.99 Å². The summed E-state index contributed by atoms with van der Waals surface area (Å²) in [5.41, 5.74) is 0. The van der Waals surface area contributed by atoms with Crippen LogP contribution >= 0.6 is 24.0 Å². The highest BCUT2D eigenvalue weighted by atomic mass is 127. The van der Waals surface area contributed by atoms with E-state index < -0.39 is 0 Å². The molecule has 0 spiro atoms. The van der Waals surface area contributed by atoms with E-state index in [1.165, 1.54) is 45.2 Å². The van der Waals surface area contributed by atoms with E-state index in [2.05, 4.69) is 25.7 Å². The van der Waals surface area contributed by atoms with Crippen LogP contribution in [0.25, 0.3) is 0 Å². The summed E-state index contributed by atoms with van der Waals surface area (Å²) in [7, 11) is 1.99. The van der Waals surface area contributed by atoms with Crippen molar-refractivity contribution in [3.63, 3.8) is 0 Å². The summed E-state index contributed by atoms with van der Waals surface area (Å²) in [6, 6.07) is 0.452. The third kappa shape index (κ3) is 6.53. The molecule has 1 aliphatic carbocycles. The molecule has 1 saturated carbocycles. The fourth-order valence-electron chi connectivity index (χ4n) is 4.77. The van der Waals surface area contributed by atoms with E-state index in [1.807, 2.05) is 18.5 Å². The fraction of sp³-hybridized carbons (Fsp3) is 0.857. The highest BCUT2D eigenvalue weighted by molar-refractivity contribution is 14.0. The summed E-state index contributed by atoms with van der Waals surface area (Å²) >= 11 is 0. The van der Waals surface area contributed by atoms with E-state index in [-0.39, 0.29) is 24.0 Å². The van der Waals surface area contributed by atoms with Crippen molar-refractivity contribution >= 4 is 29.9 Å². The number of hydrogen-bond acceptors (Lipinski definition) is 5. The Labute approximate surface area is 197 Å². The molecule has 2 saturated heterocycles. The lowest BCUT2D eigenvalue weighted by Crippen LogP contribution is -2.46. The molecule has 9 heteroatoms. The lowest BCUT2D eigenvalue weighted by Gasteiger charge is -2.22. The first kappa shape index (κ1) is 23.7. The van der Waals surface area contributed by atoms with Crippen molar-refractivity contribution in [2.75, 3.05) is 32.8 Å². The van der Waals surface area contributed by atoms with E-state index in [0.717, 1.165) is 56.1 Å². The molecule has 0 bridgehead atoms. The van der Waals surface area contributed by atoms with Crippen LogP contribution in [-0.2, 0) is 18.3 Å². The minimum Gasteiger partial charge on any atom is -0.376 e. The third-order valence-electron chi connectivity index (χ3n) is 6.69. The fourth-order valence-corrected chi connectivity index (χ4v) is 4.77. The van der Waals surface area contributed by atoms with Gasteiger partial charge in [-0.05, 0) is 44.9 Å². The second-order valence-corrected chi connectivity index (χ2v) is 8.94. The van der Waals surface area contributed by atoms with Crippen molar-refractivity contribution in [3.05, 3.63) is 11.6 Å². The van der Waals surface area contributed by atoms with Gasteiger partial charge < -0.3 is 24.8 Å². The maximum absolute atomic E-state index is 5.77. The van der Waals surface area contributed by atoms with Gasteiger partial charge >= 0.3 is 0 Å². The number of ether oxygens (including phenoxy) is 1. The highest BCUT2D eigenvalue weighted by Crippen LogP contribution is 2.26. The molecule has 3 aliphatic rings. The average molecular weight is 531 g/mol. The van der Waals surface area contributed by atoms with Crippen molar-refractivity contribution < 1.29 is 4.74 Å². The SMILES string of the molecule is Cc1nnc(CN=C(NCC2CCCO2)NC2CCN(CC3CCCC3)C2)n1C.I. The number of aromatic nitrogens is 3. The normalized spacial score (nSPS) is 25.6. The zero-order chi connectivity index (χ0) is 20.1. The number of halogens is 1. The van der Waals surface area contributed by atoms with Crippen LogP contribution in [0.3, 0.4) is 0 Å². The standard InChI is InChI=1S/C21H37N7O.HI/c1-16-25-26-20(27(16)2)13-23-21(22-12-19-8-5-11-29-19)24-18-9-10-28(15-18)14-17-6-3-4-7-17;/h17-19H,3-15H2,1-2H3,(H2,22,23,24);1H. The molecule has 0 aromatic carbocycles. The lowest BCUT2D eigenvalue weighted by molar-refractivity contribution is 0.113. The summed E-state index contributed by atoms with van der Waals surface area (Å²) in [5.74, 6) is 3.58. The molecule has 170 valence electrons. The van der Waals surface area contributed by atoms with Gasteiger partial charge in [0.15, 0.2) is 11.8 Å². The number of nitrogens with zero attached hydrogens (tertiary/aromatic N) is 5. The monoisotopic (exact) mass is 531 g/mol. The molecule has 1 aromatic heterocycles. The summed E-state index contributed by atoms with van der Waals surface area (Å²) in [4.78, 5) is 7.45. The van der Waals surface area contributed by atoms with E-state index in [4.69, 9.17) is 9.73 Å². The number of likely N-dealkylation sites (tertiary alicyclic amines) is 1. The molecule has 2 unspecified atom stereocenters. The average Bonchev–Trinajstić information content (AvgIpc) is 3.51. The molecule has 4 rings (SSSR count). The van der Waals surface area contributed by atoms with Crippen LogP contribution < -0.4 is 10.6 Å². The molecule has 1 aromatic rings. The molecule has 3 fully saturated rings. The number of guanidine groups is 1. The van der Waals surface area contributed by atoms with Gasteiger partial charge in [0.25, 0.3) is 0 Å². The van der Waals surface area contributed by atoms with Gasteiger partial charge in [-0.15, -0.1) is 34.2 Å². The Kier molecular flexibility index (Phi) is 9.18. The van der Waals surface area contributed by atoms with Gasteiger partial charge in [-0.2, -0.15) is 0 Å². The Balaban J connectivity index is 0.00000256. The first-order valence-corrected chi connectivity index (χ1v) is 11.4. The van der Waals surface area contributed by atoms with Crippen LogP contribution in [0, 0.1) is 12.8 Å². The molecule has 2 atom stereocenters. The Morgan fingerprint density at radius 1 is 1.17 bits per heavy atom. The molecule has 0 radical (unpaired) electrons. The number of aliphatic imine (C=N–C) groups is 1. The number of hydrogen-bond donors (Lipinski definition) is 2. The van der Waals surface area contributed by atoms with Crippen LogP contribution in [-0.4, -0.2) is 70.6 Å². The molecule has 2 N–H and O–H groups in total. The van der Waals surface area contributed by atoms with E-state index in [0.29, 0.717) is 18.7 Å². The Hall–Kier alpha value is -0.940. The maximum atomic E-state index is 5.77. The first-order valence-electron chi connectivity index (χ1n) is 11.4. The summed E-state index contributed by atoms with van der Waals surface area (Å²) in [6.45, 7) is 7.75. The van der Waals surface area contributed by atoms with Crippen LogP contribution in [0.1, 0.15) is 56.6 Å². The zero-order valence-corrected chi connectivity index (χ0v) is 20.8. The van der Waals surface area contributed by atoms with Gasteiger partial charge in [0, 0.05) is 45.9 Å². The topological polar surface area (TPSA) is 79.6 Å². The van der Waals surface area contributed by atoms with Gasteiger partial charge in [-0.3, -0.25) is 0 Å². The van der Waals surface area contributed by atoms with E-state index in [1.54, 1.807) is 0 Å². The summed E-state index contributed by atoms with van der Waals surface area (Å²) in [6.07, 6.45) is 9.43. The summed E-state index contributed by atoms with van der Waals surface area (Å²) in [5, 5.41) is 15.6. The molecule has 0 amide bonds. The maximum Gasteiger partial charge on any atom is 0.192 e. The Bertz CT molecular complexity index is 683. The first-order chi connectivity index (χ1) is 14.2. The molecule has 30 heavy (non-hydrogen) atoms. The third-order valence-corrected chi connectivity index (χ3v) is 6.69. The zero-order valence-electron chi connectivity index (χ0n) is 18.5. The second-order valence-electron chi connectivity index (χ2n) is 8.94. The van der Waals surface area contributed by atoms with E-state index >= 15 is 0 Å². The van der Waals surface area contributed by atoms with Gasteiger partial charge in [0.1, 0.15) is 12.4 Å². The van der Waals surface area contributed by atoms with E-state index in [9.17, 15) is 0 Å².